The highest BCUT2D eigenvalue weighted by atomic mass is 32.2. The number of sulfone groups is 1. The summed E-state index contributed by atoms with van der Waals surface area (Å²) in [6.07, 6.45) is 9.31. The van der Waals surface area contributed by atoms with Crippen LogP contribution in [0.3, 0.4) is 0 Å². The number of aryl methyl sites for hydroxylation is 2. The third-order valence-corrected chi connectivity index (χ3v) is 8.96. The van der Waals surface area contributed by atoms with Gasteiger partial charge in [0.25, 0.3) is 0 Å². The monoisotopic (exact) mass is 493 g/mol. The number of anilines is 1. The normalized spacial score (nSPS) is 15.7. The van der Waals surface area contributed by atoms with Crippen molar-refractivity contribution in [3.63, 3.8) is 0 Å². The molecule has 186 valence electrons. The lowest BCUT2D eigenvalue weighted by Crippen LogP contribution is -2.34. The Morgan fingerprint density at radius 3 is 2.29 bits per heavy atom. The van der Waals surface area contributed by atoms with Crippen LogP contribution >= 0.6 is 0 Å². The van der Waals surface area contributed by atoms with Gasteiger partial charge >= 0.3 is 5.97 Å². The van der Waals surface area contributed by atoms with Crippen LogP contribution in [0.4, 0.5) is 5.69 Å². The van der Waals surface area contributed by atoms with Gasteiger partial charge in [-0.15, -0.1) is 0 Å². The van der Waals surface area contributed by atoms with Crippen molar-refractivity contribution in [2.75, 3.05) is 30.3 Å². The largest absolute Gasteiger partial charge is 0.463 e. The van der Waals surface area contributed by atoms with E-state index in [1.54, 1.807) is 30.3 Å². The second-order valence-electron chi connectivity index (χ2n) is 9.47. The molecule has 0 spiro atoms. The van der Waals surface area contributed by atoms with Crippen LogP contribution in [0, 0.1) is 0 Å². The molecule has 0 N–H and O–H groups in total. The number of esters is 1. The summed E-state index contributed by atoms with van der Waals surface area (Å²) >= 11 is 0. The number of hydrogen-bond acceptors (Lipinski definition) is 5. The van der Waals surface area contributed by atoms with Gasteiger partial charge in [0.1, 0.15) is 0 Å². The van der Waals surface area contributed by atoms with Gasteiger partial charge in [-0.2, -0.15) is 0 Å². The van der Waals surface area contributed by atoms with Crippen LogP contribution in [0.1, 0.15) is 60.3 Å². The maximum absolute atomic E-state index is 12.9. The van der Waals surface area contributed by atoms with Crippen LogP contribution in [0.5, 0.6) is 0 Å². The standard InChI is InChI=1S/C29H35NO4S/c1-3-22-11-13-27(14-12-22)35(32,33)19-7-10-23(15-18-34-28(31)4-2)26-20-24-8-5-16-30-17-6-9-25(21-26)29(24)30/h3-4,11-14,20-21,23H,1-2,5-10,15-19H2. The molecular formula is C29H35NO4S. The van der Waals surface area contributed by atoms with Gasteiger partial charge in [0.05, 0.1) is 17.3 Å². The molecule has 0 radical (unpaired) electrons. The predicted molar refractivity (Wildman–Crippen MR) is 142 cm³/mol. The molecule has 2 aromatic carbocycles. The van der Waals surface area contributed by atoms with E-state index in [9.17, 15) is 13.2 Å². The summed E-state index contributed by atoms with van der Waals surface area (Å²) in [7, 11) is -3.37. The number of carbonyl (C=O) groups is 1. The lowest BCUT2D eigenvalue weighted by atomic mass is 9.84. The van der Waals surface area contributed by atoms with E-state index < -0.39 is 15.8 Å². The molecule has 0 aromatic heterocycles. The Kier molecular flexibility index (Phi) is 8.11. The minimum Gasteiger partial charge on any atom is -0.463 e. The first-order chi connectivity index (χ1) is 16.9. The summed E-state index contributed by atoms with van der Waals surface area (Å²) in [5.74, 6) is -0.204. The van der Waals surface area contributed by atoms with E-state index in [0.29, 0.717) is 24.3 Å². The maximum Gasteiger partial charge on any atom is 0.330 e. The van der Waals surface area contributed by atoms with Gasteiger partial charge in [-0.25, -0.2) is 13.2 Å². The zero-order valence-corrected chi connectivity index (χ0v) is 21.2. The fraction of sp³-hybridized carbons (Fsp3) is 0.414. The van der Waals surface area contributed by atoms with Crippen molar-refractivity contribution in [1.29, 1.82) is 0 Å². The average molecular weight is 494 g/mol. The summed E-state index contributed by atoms with van der Waals surface area (Å²) in [6, 6.07) is 11.5. The van der Waals surface area contributed by atoms with Crippen LogP contribution in [0.25, 0.3) is 6.08 Å². The number of hydrogen-bond donors (Lipinski definition) is 0. The molecule has 2 aliphatic heterocycles. The van der Waals surface area contributed by atoms with Crippen LogP contribution in [0.2, 0.25) is 0 Å². The molecule has 2 heterocycles. The number of nitrogens with zero attached hydrogens (tertiary/aromatic N) is 1. The topological polar surface area (TPSA) is 63.7 Å². The SMILES string of the molecule is C=CC(=O)OCCC(CCCS(=O)(=O)c1ccc(C=C)cc1)c1cc2c3c(c1)CCCN3CCC2. The molecule has 0 saturated heterocycles. The third kappa shape index (κ3) is 6.04. The zero-order valence-electron chi connectivity index (χ0n) is 20.4. The van der Waals surface area contributed by atoms with Crippen molar-refractivity contribution in [3.8, 4) is 0 Å². The summed E-state index contributed by atoms with van der Waals surface area (Å²) in [4.78, 5) is 14.4. The summed E-state index contributed by atoms with van der Waals surface area (Å²) in [5.41, 5.74) is 6.38. The Labute approximate surface area is 209 Å². The Hall–Kier alpha value is -2.86. The molecule has 0 amide bonds. The van der Waals surface area contributed by atoms with Crippen molar-refractivity contribution in [2.24, 2.45) is 0 Å². The van der Waals surface area contributed by atoms with Gasteiger partial charge in [0, 0.05) is 24.9 Å². The van der Waals surface area contributed by atoms with E-state index in [0.717, 1.165) is 37.9 Å². The van der Waals surface area contributed by atoms with Crippen molar-refractivity contribution in [1.82, 2.24) is 0 Å². The van der Waals surface area contributed by atoms with Crippen molar-refractivity contribution in [2.45, 2.75) is 55.8 Å². The van der Waals surface area contributed by atoms with Crippen LogP contribution in [0.15, 0.2) is 60.5 Å². The molecule has 6 heteroatoms. The van der Waals surface area contributed by atoms with Crippen LogP contribution in [-0.2, 0) is 32.2 Å². The maximum atomic E-state index is 12.9. The second kappa shape index (κ2) is 11.3. The number of ether oxygens (including phenoxy) is 1. The molecule has 4 rings (SSSR count). The first-order valence-electron chi connectivity index (χ1n) is 12.6. The Balaban J connectivity index is 1.50. The minimum absolute atomic E-state index is 0.0922. The van der Waals surface area contributed by atoms with Crippen molar-refractivity contribution in [3.05, 3.63) is 77.9 Å². The van der Waals surface area contributed by atoms with E-state index in [1.807, 2.05) is 0 Å². The Bertz CT molecular complexity index is 1150. The van der Waals surface area contributed by atoms with Gasteiger partial charge in [0.2, 0.25) is 0 Å². The zero-order chi connectivity index (χ0) is 24.8. The van der Waals surface area contributed by atoms with E-state index in [2.05, 4.69) is 30.2 Å². The predicted octanol–water partition coefficient (Wildman–Crippen LogP) is 5.49. The molecule has 35 heavy (non-hydrogen) atoms. The number of benzene rings is 2. The molecule has 0 fully saturated rings. The summed E-state index contributed by atoms with van der Waals surface area (Å²) < 4.78 is 31.1. The lowest BCUT2D eigenvalue weighted by Gasteiger charge is -2.37. The van der Waals surface area contributed by atoms with Gasteiger partial charge < -0.3 is 9.64 Å². The van der Waals surface area contributed by atoms with Crippen molar-refractivity contribution < 1.29 is 17.9 Å². The second-order valence-corrected chi connectivity index (χ2v) is 11.6. The fourth-order valence-corrected chi connectivity index (χ4v) is 6.69. The Morgan fingerprint density at radius 2 is 1.69 bits per heavy atom. The number of carbonyl (C=O) groups excluding carboxylic acids is 1. The van der Waals surface area contributed by atoms with Crippen LogP contribution in [-0.4, -0.2) is 39.8 Å². The van der Waals surface area contributed by atoms with E-state index in [4.69, 9.17) is 4.74 Å². The lowest BCUT2D eigenvalue weighted by molar-refractivity contribution is -0.137. The molecule has 0 aliphatic carbocycles. The van der Waals surface area contributed by atoms with Gasteiger partial charge in [0.15, 0.2) is 9.84 Å². The molecule has 1 atom stereocenters. The first-order valence-corrected chi connectivity index (χ1v) is 14.2. The van der Waals surface area contributed by atoms with E-state index >= 15 is 0 Å². The Morgan fingerprint density at radius 1 is 1.03 bits per heavy atom. The van der Waals surface area contributed by atoms with Gasteiger partial charge in [-0.3, -0.25) is 0 Å². The average Bonchev–Trinajstić information content (AvgIpc) is 2.88. The highest BCUT2D eigenvalue weighted by Gasteiger charge is 2.26. The van der Waals surface area contributed by atoms with Gasteiger partial charge in [-0.1, -0.05) is 43.5 Å². The molecular weight excluding hydrogens is 458 g/mol. The molecule has 0 saturated carbocycles. The minimum atomic E-state index is -3.37. The third-order valence-electron chi connectivity index (χ3n) is 7.14. The molecule has 5 nitrogen and oxygen atoms in total. The summed E-state index contributed by atoms with van der Waals surface area (Å²) in [5, 5.41) is 0. The van der Waals surface area contributed by atoms with Gasteiger partial charge in [-0.05, 0) is 85.3 Å². The van der Waals surface area contributed by atoms with Crippen molar-refractivity contribution >= 4 is 27.6 Å². The molecule has 2 aromatic rings. The molecule has 1 unspecified atom stereocenters. The number of rotatable bonds is 11. The quantitative estimate of drug-likeness (QED) is 0.306. The molecule has 0 bridgehead atoms. The highest BCUT2D eigenvalue weighted by Crippen LogP contribution is 2.39. The first kappa shape index (κ1) is 25.2. The highest BCUT2D eigenvalue weighted by molar-refractivity contribution is 7.91. The fourth-order valence-electron chi connectivity index (χ4n) is 5.35. The smallest absolute Gasteiger partial charge is 0.330 e. The van der Waals surface area contributed by atoms with E-state index in [1.165, 1.54) is 41.3 Å². The molecule has 2 aliphatic rings. The summed E-state index contributed by atoms with van der Waals surface area (Å²) in [6.45, 7) is 9.74. The van der Waals surface area contributed by atoms with E-state index in [-0.39, 0.29) is 11.7 Å². The van der Waals surface area contributed by atoms with Crippen LogP contribution < -0.4 is 4.90 Å².